The lowest BCUT2D eigenvalue weighted by Crippen LogP contribution is -2.13. The number of carbonyl (C=O) groups excluding carboxylic acids is 1. The number of benzene rings is 2. The first-order valence-corrected chi connectivity index (χ1v) is 6.29. The minimum Gasteiger partial charge on any atom is -0.366 e. The van der Waals surface area contributed by atoms with Crippen molar-refractivity contribution in [2.24, 2.45) is 5.73 Å². The lowest BCUT2D eigenvalue weighted by atomic mass is 10.0. The van der Waals surface area contributed by atoms with Crippen molar-refractivity contribution in [1.29, 1.82) is 0 Å². The van der Waals surface area contributed by atoms with Gasteiger partial charge in [0, 0.05) is 15.6 Å². The second-order valence-corrected chi connectivity index (χ2v) is 4.67. The molecule has 0 saturated heterocycles. The summed E-state index contributed by atoms with van der Waals surface area (Å²) in [6, 6.07) is 17.2. The summed E-state index contributed by atoms with van der Waals surface area (Å²) in [7, 11) is 0. The van der Waals surface area contributed by atoms with Gasteiger partial charge >= 0.3 is 0 Å². The molecule has 0 spiro atoms. The third-order valence-corrected chi connectivity index (χ3v) is 3.23. The normalized spacial score (nSPS) is 11.3. The highest BCUT2D eigenvalue weighted by Gasteiger charge is 2.11. The van der Waals surface area contributed by atoms with E-state index in [-0.39, 0.29) is 0 Å². The lowest BCUT2D eigenvalue weighted by molar-refractivity contribution is -0.112. The van der Waals surface area contributed by atoms with Crippen molar-refractivity contribution in [3.05, 3.63) is 70.2 Å². The zero-order valence-corrected chi connectivity index (χ0v) is 11.2. The van der Waals surface area contributed by atoms with Gasteiger partial charge in [-0.1, -0.05) is 64.5 Å². The standard InChI is InChI=1S/C15H12BrNO/c16-14-9-5-4-8-12(14)13(15(17)18)10-11-6-2-1-3-7-11/h1-10H,(H2,17,18). The quantitative estimate of drug-likeness (QED) is 0.684. The van der Waals surface area contributed by atoms with Crippen LogP contribution >= 0.6 is 15.9 Å². The molecule has 2 aromatic carbocycles. The van der Waals surface area contributed by atoms with E-state index in [1.54, 1.807) is 6.08 Å². The molecule has 0 fully saturated rings. The Morgan fingerprint density at radius 1 is 1.00 bits per heavy atom. The second kappa shape index (κ2) is 5.65. The van der Waals surface area contributed by atoms with Crippen LogP contribution in [0.25, 0.3) is 11.6 Å². The van der Waals surface area contributed by atoms with Gasteiger partial charge in [0.15, 0.2) is 0 Å². The van der Waals surface area contributed by atoms with E-state index < -0.39 is 5.91 Å². The van der Waals surface area contributed by atoms with E-state index in [1.807, 2.05) is 54.6 Å². The van der Waals surface area contributed by atoms with Gasteiger partial charge in [-0.25, -0.2) is 0 Å². The minimum absolute atomic E-state index is 0.439. The predicted molar refractivity (Wildman–Crippen MR) is 77.6 cm³/mol. The summed E-state index contributed by atoms with van der Waals surface area (Å²) >= 11 is 3.43. The molecule has 0 atom stereocenters. The number of halogens is 1. The van der Waals surface area contributed by atoms with Crippen LogP contribution in [0, 0.1) is 0 Å². The molecule has 2 rings (SSSR count). The van der Waals surface area contributed by atoms with Crippen LogP contribution in [0.5, 0.6) is 0 Å². The van der Waals surface area contributed by atoms with Gasteiger partial charge in [-0.3, -0.25) is 4.79 Å². The third kappa shape index (κ3) is 2.87. The van der Waals surface area contributed by atoms with Crippen molar-refractivity contribution >= 4 is 33.5 Å². The number of hydrogen-bond acceptors (Lipinski definition) is 1. The lowest BCUT2D eigenvalue weighted by Gasteiger charge is -2.06. The third-order valence-electron chi connectivity index (χ3n) is 2.54. The van der Waals surface area contributed by atoms with Crippen LogP contribution in [0.15, 0.2) is 59.1 Å². The SMILES string of the molecule is NC(=O)C(=Cc1ccccc1)c1ccccc1Br. The van der Waals surface area contributed by atoms with Gasteiger partial charge < -0.3 is 5.73 Å². The molecule has 1 amide bonds. The molecule has 0 unspecified atom stereocenters. The van der Waals surface area contributed by atoms with Crippen molar-refractivity contribution in [3.8, 4) is 0 Å². The molecule has 0 aliphatic carbocycles. The fourth-order valence-electron chi connectivity index (χ4n) is 1.68. The summed E-state index contributed by atoms with van der Waals surface area (Å²) in [6.07, 6.45) is 1.79. The molecule has 0 saturated carbocycles. The summed E-state index contributed by atoms with van der Waals surface area (Å²) in [5.41, 5.74) is 7.70. The number of rotatable bonds is 3. The highest BCUT2D eigenvalue weighted by atomic mass is 79.9. The topological polar surface area (TPSA) is 43.1 Å². The fourth-order valence-corrected chi connectivity index (χ4v) is 2.18. The van der Waals surface area contributed by atoms with Crippen LogP contribution in [0.4, 0.5) is 0 Å². The first kappa shape index (κ1) is 12.6. The van der Waals surface area contributed by atoms with Crippen LogP contribution in [0.1, 0.15) is 11.1 Å². The van der Waals surface area contributed by atoms with Crippen LogP contribution in [-0.4, -0.2) is 5.91 Å². The zero-order chi connectivity index (χ0) is 13.0. The average molecular weight is 302 g/mol. The molecule has 0 aromatic heterocycles. The molecule has 0 heterocycles. The highest BCUT2D eigenvalue weighted by Crippen LogP contribution is 2.25. The van der Waals surface area contributed by atoms with E-state index in [1.165, 1.54) is 0 Å². The number of amides is 1. The van der Waals surface area contributed by atoms with Gasteiger partial charge in [-0.2, -0.15) is 0 Å². The van der Waals surface area contributed by atoms with E-state index in [0.29, 0.717) is 5.57 Å². The van der Waals surface area contributed by atoms with Crippen molar-refractivity contribution in [2.45, 2.75) is 0 Å². The van der Waals surface area contributed by atoms with Gasteiger partial charge in [0.25, 0.3) is 0 Å². The Kier molecular flexibility index (Phi) is 3.95. The monoisotopic (exact) mass is 301 g/mol. The van der Waals surface area contributed by atoms with Crippen molar-refractivity contribution in [1.82, 2.24) is 0 Å². The summed E-state index contributed by atoms with van der Waals surface area (Å²) in [5, 5.41) is 0. The Hall–Kier alpha value is -1.87. The Morgan fingerprint density at radius 3 is 2.22 bits per heavy atom. The van der Waals surface area contributed by atoms with E-state index in [9.17, 15) is 4.79 Å². The molecule has 3 heteroatoms. The smallest absolute Gasteiger partial charge is 0.249 e. The Labute approximate surface area is 114 Å². The van der Waals surface area contributed by atoms with Crippen LogP contribution in [-0.2, 0) is 4.79 Å². The Balaban J connectivity index is 2.51. The summed E-state index contributed by atoms with van der Waals surface area (Å²) in [6.45, 7) is 0. The highest BCUT2D eigenvalue weighted by molar-refractivity contribution is 9.10. The molecule has 0 aliphatic rings. The maximum Gasteiger partial charge on any atom is 0.249 e. The Morgan fingerprint density at radius 2 is 1.61 bits per heavy atom. The number of nitrogens with two attached hydrogens (primary N) is 1. The molecule has 0 bridgehead atoms. The molecule has 2 nitrogen and oxygen atoms in total. The van der Waals surface area contributed by atoms with E-state index in [0.717, 1.165) is 15.6 Å². The predicted octanol–water partition coefficient (Wildman–Crippen LogP) is 3.48. The maximum atomic E-state index is 11.6. The number of carbonyl (C=O) groups is 1. The summed E-state index contributed by atoms with van der Waals surface area (Å²) < 4.78 is 0.853. The molecule has 0 radical (unpaired) electrons. The van der Waals surface area contributed by atoms with E-state index in [4.69, 9.17) is 5.73 Å². The van der Waals surface area contributed by atoms with Crippen LogP contribution in [0.3, 0.4) is 0 Å². The van der Waals surface area contributed by atoms with Crippen molar-refractivity contribution in [2.75, 3.05) is 0 Å². The zero-order valence-electron chi connectivity index (χ0n) is 9.64. The van der Waals surface area contributed by atoms with E-state index >= 15 is 0 Å². The van der Waals surface area contributed by atoms with Gasteiger partial charge in [0.05, 0.1) is 0 Å². The fraction of sp³-hybridized carbons (Fsp3) is 0. The largest absolute Gasteiger partial charge is 0.366 e. The van der Waals surface area contributed by atoms with Crippen molar-refractivity contribution in [3.63, 3.8) is 0 Å². The minimum atomic E-state index is -0.439. The van der Waals surface area contributed by atoms with Crippen LogP contribution in [0.2, 0.25) is 0 Å². The first-order chi connectivity index (χ1) is 8.68. The summed E-state index contributed by atoms with van der Waals surface area (Å²) in [4.78, 5) is 11.6. The second-order valence-electron chi connectivity index (χ2n) is 3.81. The Bertz CT molecular complexity index is 590. The number of primary amides is 1. The van der Waals surface area contributed by atoms with Gasteiger partial charge in [-0.05, 0) is 17.7 Å². The maximum absolute atomic E-state index is 11.6. The average Bonchev–Trinajstić information content (AvgIpc) is 2.38. The number of hydrogen-bond donors (Lipinski definition) is 1. The van der Waals surface area contributed by atoms with E-state index in [2.05, 4.69) is 15.9 Å². The molecule has 2 N–H and O–H groups in total. The van der Waals surface area contributed by atoms with Crippen molar-refractivity contribution < 1.29 is 4.79 Å². The molecule has 0 aliphatic heterocycles. The van der Waals surface area contributed by atoms with Gasteiger partial charge in [0.2, 0.25) is 5.91 Å². The molecular weight excluding hydrogens is 290 g/mol. The molecular formula is C15H12BrNO. The molecule has 90 valence electrons. The van der Waals surface area contributed by atoms with Gasteiger partial charge in [-0.15, -0.1) is 0 Å². The van der Waals surface area contributed by atoms with Gasteiger partial charge in [0.1, 0.15) is 0 Å². The molecule has 2 aromatic rings. The summed E-state index contributed by atoms with van der Waals surface area (Å²) in [5.74, 6) is -0.439. The van der Waals surface area contributed by atoms with Crippen LogP contribution < -0.4 is 5.73 Å². The first-order valence-electron chi connectivity index (χ1n) is 5.50. The molecule has 18 heavy (non-hydrogen) atoms.